The van der Waals surface area contributed by atoms with Crippen LogP contribution in [0.25, 0.3) is 21.8 Å². The van der Waals surface area contributed by atoms with Gasteiger partial charge in [-0.1, -0.05) is 55.7 Å². The third-order valence-corrected chi connectivity index (χ3v) is 5.84. The van der Waals surface area contributed by atoms with Gasteiger partial charge in [0.15, 0.2) is 0 Å². The summed E-state index contributed by atoms with van der Waals surface area (Å²) in [6.07, 6.45) is 5.12. The number of aliphatic hydroxyl groups excluding tert-OH is 1. The van der Waals surface area contributed by atoms with Crippen LogP contribution in [0.1, 0.15) is 32.1 Å². The molecule has 28 heavy (non-hydrogen) atoms. The summed E-state index contributed by atoms with van der Waals surface area (Å²) in [5.41, 5.74) is 2.22. The van der Waals surface area contributed by atoms with Gasteiger partial charge in [0.25, 0.3) is 0 Å². The van der Waals surface area contributed by atoms with Crippen molar-refractivity contribution < 1.29 is 9.90 Å². The smallest absolute Gasteiger partial charge is 0.317 e. The molecular weight excluding hydrogens is 350 g/mol. The zero-order chi connectivity index (χ0) is 19.5. The summed E-state index contributed by atoms with van der Waals surface area (Å²) in [6, 6.07) is 16.7. The van der Waals surface area contributed by atoms with E-state index in [-0.39, 0.29) is 12.1 Å². The van der Waals surface area contributed by atoms with Crippen LogP contribution in [0.2, 0.25) is 0 Å². The van der Waals surface area contributed by atoms with Gasteiger partial charge in [0, 0.05) is 41.4 Å². The molecule has 0 aliphatic heterocycles. The molecule has 1 heterocycles. The Labute approximate surface area is 165 Å². The van der Waals surface area contributed by atoms with Crippen molar-refractivity contribution in [1.82, 2.24) is 14.8 Å². The summed E-state index contributed by atoms with van der Waals surface area (Å²) in [4.78, 5) is 14.1. The van der Waals surface area contributed by atoms with Crippen LogP contribution < -0.4 is 5.32 Å². The standard InChI is InChI=1S/C23H29N3O2/c1-25(23(28)24-17-9-3-2-4-10-17)15-18(27)16-26-21-13-7-5-11-19(21)20-12-6-8-14-22(20)26/h5-8,11-14,17-18,27H,2-4,9-10,15-16H2,1H3,(H,24,28). The number of hydrogen-bond donors (Lipinski definition) is 2. The summed E-state index contributed by atoms with van der Waals surface area (Å²) < 4.78 is 2.15. The SMILES string of the molecule is CN(CC(O)Cn1c2ccccc2c2ccccc21)C(=O)NC1CCCCC1. The lowest BCUT2D eigenvalue weighted by atomic mass is 9.96. The number of aliphatic hydroxyl groups is 1. The van der Waals surface area contributed by atoms with E-state index in [0.29, 0.717) is 13.1 Å². The second kappa shape index (κ2) is 8.23. The first-order valence-corrected chi connectivity index (χ1v) is 10.3. The number of carbonyl (C=O) groups excluding carboxylic acids is 1. The molecule has 1 aromatic heterocycles. The van der Waals surface area contributed by atoms with Gasteiger partial charge in [-0.2, -0.15) is 0 Å². The largest absolute Gasteiger partial charge is 0.389 e. The number of hydrogen-bond acceptors (Lipinski definition) is 2. The maximum absolute atomic E-state index is 12.5. The molecule has 1 aliphatic carbocycles. The van der Waals surface area contributed by atoms with Crippen LogP contribution in [-0.4, -0.2) is 46.3 Å². The van der Waals surface area contributed by atoms with E-state index in [1.54, 1.807) is 11.9 Å². The molecule has 1 unspecified atom stereocenters. The Kier molecular flexibility index (Phi) is 5.53. The highest BCUT2D eigenvalue weighted by Crippen LogP contribution is 2.28. The van der Waals surface area contributed by atoms with Crippen molar-refractivity contribution in [3.05, 3.63) is 48.5 Å². The number of aromatic nitrogens is 1. The summed E-state index contributed by atoms with van der Waals surface area (Å²) in [7, 11) is 1.76. The maximum atomic E-state index is 12.5. The zero-order valence-electron chi connectivity index (χ0n) is 16.5. The Morgan fingerprint density at radius 2 is 1.64 bits per heavy atom. The van der Waals surface area contributed by atoms with Crippen molar-refractivity contribution in [3.8, 4) is 0 Å². The Balaban J connectivity index is 1.46. The van der Waals surface area contributed by atoms with Crippen LogP contribution >= 0.6 is 0 Å². The molecule has 1 atom stereocenters. The highest BCUT2D eigenvalue weighted by atomic mass is 16.3. The second-order valence-electron chi connectivity index (χ2n) is 7.96. The number of para-hydroxylation sites is 2. The van der Waals surface area contributed by atoms with Crippen LogP contribution in [0.5, 0.6) is 0 Å². The monoisotopic (exact) mass is 379 g/mol. The van der Waals surface area contributed by atoms with E-state index >= 15 is 0 Å². The molecule has 5 nitrogen and oxygen atoms in total. The number of nitrogens with one attached hydrogen (secondary N) is 1. The minimum absolute atomic E-state index is 0.0897. The zero-order valence-corrected chi connectivity index (χ0v) is 16.5. The summed E-state index contributed by atoms with van der Waals surface area (Å²) >= 11 is 0. The molecule has 0 radical (unpaired) electrons. The minimum atomic E-state index is -0.638. The minimum Gasteiger partial charge on any atom is -0.389 e. The van der Waals surface area contributed by atoms with E-state index in [0.717, 1.165) is 23.9 Å². The van der Waals surface area contributed by atoms with Gasteiger partial charge >= 0.3 is 6.03 Å². The summed E-state index contributed by atoms with van der Waals surface area (Å²) in [5.74, 6) is 0. The average Bonchev–Trinajstić information content (AvgIpc) is 3.03. The number of fused-ring (bicyclic) bond motifs is 3. The van der Waals surface area contributed by atoms with Crippen molar-refractivity contribution >= 4 is 27.8 Å². The molecule has 0 bridgehead atoms. The summed E-state index contributed by atoms with van der Waals surface area (Å²) in [5, 5.41) is 16.2. The molecule has 2 aromatic carbocycles. The molecule has 148 valence electrons. The Hall–Kier alpha value is -2.53. The predicted octanol–water partition coefficient (Wildman–Crippen LogP) is 4.13. The van der Waals surface area contributed by atoms with E-state index in [1.807, 2.05) is 24.3 Å². The molecule has 1 saturated carbocycles. The number of amides is 2. The van der Waals surface area contributed by atoms with Crippen molar-refractivity contribution in [2.75, 3.05) is 13.6 Å². The van der Waals surface area contributed by atoms with Gasteiger partial charge in [-0.15, -0.1) is 0 Å². The second-order valence-corrected chi connectivity index (χ2v) is 7.96. The van der Waals surface area contributed by atoms with E-state index in [1.165, 1.54) is 30.0 Å². The first-order chi connectivity index (χ1) is 13.6. The van der Waals surface area contributed by atoms with Crippen LogP contribution in [0.15, 0.2) is 48.5 Å². The Morgan fingerprint density at radius 3 is 2.25 bits per heavy atom. The topological polar surface area (TPSA) is 57.5 Å². The van der Waals surface area contributed by atoms with Crippen molar-refractivity contribution in [1.29, 1.82) is 0 Å². The first kappa shape index (κ1) is 18.8. The average molecular weight is 380 g/mol. The van der Waals surface area contributed by atoms with Gasteiger partial charge in [-0.3, -0.25) is 0 Å². The quantitative estimate of drug-likeness (QED) is 0.700. The molecule has 5 heteroatoms. The third-order valence-electron chi connectivity index (χ3n) is 5.84. The number of carbonyl (C=O) groups is 1. The molecule has 1 fully saturated rings. The lowest BCUT2D eigenvalue weighted by molar-refractivity contribution is 0.116. The number of benzene rings is 2. The van der Waals surface area contributed by atoms with Gasteiger partial charge in [-0.05, 0) is 25.0 Å². The molecular formula is C23H29N3O2. The highest BCUT2D eigenvalue weighted by molar-refractivity contribution is 6.07. The molecule has 3 aromatic rings. The number of likely N-dealkylation sites (N-methyl/N-ethyl adjacent to an activating group) is 1. The summed E-state index contributed by atoms with van der Waals surface area (Å²) in [6.45, 7) is 0.758. The number of nitrogens with zero attached hydrogens (tertiary/aromatic N) is 2. The van der Waals surface area contributed by atoms with E-state index in [9.17, 15) is 9.90 Å². The Bertz CT molecular complexity index is 906. The molecule has 2 amide bonds. The lowest BCUT2D eigenvalue weighted by Crippen LogP contribution is -2.46. The Morgan fingerprint density at radius 1 is 1.07 bits per heavy atom. The molecule has 4 rings (SSSR count). The fraction of sp³-hybridized carbons (Fsp3) is 0.435. The fourth-order valence-corrected chi connectivity index (χ4v) is 4.40. The van der Waals surface area contributed by atoms with E-state index < -0.39 is 6.10 Å². The van der Waals surface area contributed by atoms with Gasteiger partial charge in [-0.25, -0.2) is 4.79 Å². The van der Waals surface area contributed by atoms with Crippen molar-refractivity contribution in [2.45, 2.75) is 50.8 Å². The van der Waals surface area contributed by atoms with Gasteiger partial charge in [0.2, 0.25) is 0 Å². The maximum Gasteiger partial charge on any atom is 0.317 e. The molecule has 0 spiro atoms. The van der Waals surface area contributed by atoms with Crippen LogP contribution in [-0.2, 0) is 6.54 Å². The third kappa shape index (κ3) is 3.85. The fourth-order valence-electron chi connectivity index (χ4n) is 4.40. The van der Waals surface area contributed by atoms with Crippen LogP contribution in [0.4, 0.5) is 4.79 Å². The normalized spacial score (nSPS) is 16.4. The lowest BCUT2D eigenvalue weighted by Gasteiger charge is -2.27. The number of urea groups is 1. The van der Waals surface area contributed by atoms with Crippen molar-refractivity contribution in [3.63, 3.8) is 0 Å². The van der Waals surface area contributed by atoms with Gasteiger partial charge in [0.05, 0.1) is 12.6 Å². The first-order valence-electron chi connectivity index (χ1n) is 10.3. The van der Waals surface area contributed by atoms with Crippen molar-refractivity contribution in [2.24, 2.45) is 0 Å². The highest BCUT2D eigenvalue weighted by Gasteiger charge is 2.20. The molecule has 1 aliphatic rings. The molecule has 0 saturated heterocycles. The molecule has 2 N–H and O–H groups in total. The van der Waals surface area contributed by atoms with Gasteiger partial charge < -0.3 is 19.9 Å². The van der Waals surface area contributed by atoms with Crippen LogP contribution in [0.3, 0.4) is 0 Å². The number of rotatable bonds is 5. The van der Waals surface area contributed by atoms with Gasteiger partial charge in [0.1, 0.15) is 0 Å². The van der Waals surface area contributed by atoms with E-state index in [2.05, 4.69) is 34.1 Å². The predicted molar refractivity (Wildman–Crippen MR) is 113 cm³/mol. The van der Waals surface area contributed by atoms with E-state index in [4.69, 9.17) is 0 Å². The van der Waals surface area contributed by atoms with Crippen LogP contribution in [0, 0.1) is 0 Å².